The normalized spacial score (nSPS) is 12.5. The second kappa shape index (κ2) is 15.0. The van der Waals surface area contributed by atoms with E-state index in [0.29, 0.717) is 19.3 Å². The molecule has 26 heavy (non-hydrogen) atoms. The zero-order valence-electron chi connectivity index (χ0n) is 16.7. The number of nitrogens with one attached hydrogen (secondary N) is 2. The van der Waals surface area contributed by atoms with Crippen molar-refractivity contribution >= 4 is 35.6 Å². The maximum absolute atomic E-state index is 5.73. The van der Waals surface area contributed by atoms with Gasteiger partial charge in [-0.05, 0) is 32.5 Å². The van der Waals surface area contributed by atoms with E-state index in [1.165, 1.54) is 0 Å². The average Bonchev–Trinajstić information content (AvgIpc) is 2.64. The lowest BCUT2D eigenvalue weighted by Gasteiger charge is -2.24. The lowest BCUT2D eigenvalue weighted by molar-refractivity contribution is 0.172. The van der Waals surface area contributed by atoms with Gasteiger partial charge in [-0.25, -0.2) is 0 Å². The van der Waals surface area contributed by atoms with E-state index in [2.05, 4.69) is 41.4 Å². The summed E-state index contributed by atoms with van der Waals surface area (Å²) in [5.74, 6) is 1.60. The van der Waals surface area contributed by atoms with Crippen LogP contribution in [-0.4, -0.2) is 64.4 Å². The van der Waals surface area contributed by atoms with E-state index in [9.17, 15) is 0 Å². The highest BCUT2D eigenvalue weighted by molar-refractivity contribution is 14.0. The van der Waals surface area contributed by atoms with E-state index < -0.39 is 0 Å². The van der Waals surface area contributed by atoms with E-state index in [1.54, 1.807) is 14.2 Å². The number of hydrogen-bond donors (Lipinski definition) is 2. The fourth-order valence-electron chi connectivity index (χ4n) is 2.26. The Kier molecular flexibility index (Phi) is 14.4. The summed E-state index contributed by atoms with van der Waals surface area (Å²) in [5.41, 5.74) is 0.952. The Morgan fingerprint density at radius 1 is 1.31 bits per heavy atom. The SMILES string of the molecule is CCC(C)N(C)CCNC(=NC)Nc1cccc(OCCCOC)c1.I. The van der Waals surface area contributed by atoms with Crippen LogP contribution >= 0.6 is 24.0 Å². The van der Waals surface area contributed by atoms with Crippen LogP contribution in [0.3, 0.4) is 0 Å². The van der Waals surface area contributed by atoms with Gasteiger partial charge in [0.25, 0.3) is 0 Å². The van der Waals surface area contributed by atoms with Gasteiger partial charge in [-0.15, -0.1) is 24.0 Å². The number of anilines is 1. The zero-order chi connectivity index (χ0) is 18.5. The fourth-order valence-corrected chi connectivity index (χ4v) is 2.26. The first-order valence-electron chi connectivity index (χ1n) is 9.00. The van der Waals surface area contributed by atoms with E-state index >= 15 is 0 Å². The van der Waals surface area contributed by atoms with Gasteiger partial charge in [0.05, 0.1) is 6.61 Å². The molecule has 1 rings (SSSR count). The first kappa shape index (κ1) is 24.9. The molecule has 1 atom stereocenters. The molecular weight excluding hydrogens is 443 g/mol. The molecular formula is C19H35IN4O2. The molecule has 0 radical (unpaired) electrons. The molecule has 0 bridgehead atoms. The van der Waals surface area contributed by atoms with Crippen molar-refractivity contribution in [2.24, 2.45) is 4.99 Å². The number of halogens is 1. The van der Waals surface area contributed by atoms with E-state index in [0.717, 1.165) is 43.3 Å². The molecule has 7 heteroatoms. The highest BCUT2D eigenvalue weighted by Crippen LogP contribution is 2.17. The van der Waals surface area contributed by atoms with Gasteiger partial charge in [0.1, 0.15) is 5.75 Å². The van der Waals surface area contributed by atoms with Crippen LogP contribution < -0.4 is 15.4 Å². The molecule has 0 aliphatic heterocycles. The quantitative estimate of drug-likeness (QED) is 0.221. The van der Waals surface area contributed by atoms with Gasteiger partial charge in [0, 0.05) is 58.1 Å². The zero-order valence-corrected chi connectivity index (χ0v) is 19.1. The molecule has 0 heterocycles. The second-order valence-corrected chi connectivity index (χ2v) is 6.08. The van der Waals surface area contributed by atoms with Gasteiger partial charge in [-0.3, -0.25) is 4.99 Å². The van der Waals surface area contributed by atoms with E-state index in [4.69, 9.17) is 9.47 Å². The minimum absolute atomic E-state index is 0. The fraction of sp³-hybridized carbons (Fsp3) is 0.632. The van der Waals surface area contributed by atoms with Crippen molar-refractivity contribution in [1.82, 2.24) is 10.2 Å². The Morgan fingerprint density at radius 2 is 2.08 bits per heavy atom. The molecule has 0 saturated carbocycles. The summed E-state index contributed by atoms with van der Waals surface area (Å²) < 4.78 is 10.8. The van der Waals surface area contributed by atoms with Crippen LogP contribution in [0.15, 0.2) is 29.3 Å². The minimum Gasteiger partial charge on any atom is -0.493 e. The van der Waals surface area contributed by atoms with Crippen LogP contribution in [0.1, 0.15) is 26.7 Å². The van der Waals surface area contributed by atoms with E-state index in [-0.39, 0.29) is 24.0 Å². The molecule has 6 nitrogen and oxygen atoms in total. The third-order valence-corrected chi connectivity index (χ3v) is 4.18. The van der Waals surface area contributed by atoms with Crippen molar-refractivity contribution in [3.05, 3.63) is 24.3 Å². The number of rotatable bonds is 11. The number of aliphatic imine (C=N–C) groups is 1. The number of likely N-dealkylation sites (N-methyl/N-ethyl adjacent to an activating group) is 1. The Labute approximate surface area is 175 Å². The molecule has 0 aliphatic carbocycles. The lowest BCUT2D eigenvalue weighted by Crippen LogP contribution is -2.39. The predicted molar refractivity (Wildman–Crippen MR) is 121 cm³/mol. The Hall–Kier alpha value is -1.06. The van der Waals surface area contributed by atoms with Gasteiger partial charge in [-0.1, -0.05) is 13.0 Å². The topological polar surface area (TPSA) is 58.1 Å². The Bertz CT molecular complexity index is 514. The van der Waals surface area contributed by atoms with Crippen LogP contribution in [0.4, 0.5) is 5.69 Å². The number of ether oxygens (including phenoxy) is 2. The standard InChI is InChI=1S/C19H34N4O2.HI/c1-6-16(2)23(4)12-11-21-19(20-3)22-17-9-7-10-18(15-17)25-14-8-13-24-5;/h7,9-10,15-16H,6,8,11-14H2,1-5H3,(H2,20,21,22);1H. The molecule has 0 aliphatic rings. The number of hydrogen-bond acceptors (Lipinski definition) is 4. The monoisotopic (exact) mass is 478 g/mol. The Balaban J connectivity index is 0.00000625. The number of methoxy groups -OCH3 is 1. The maximum Gasteiger partial charge on any atom is 0.195 e. The molecule has 2 N–H and O–H groups in total. The summed E-state index contributed by atoms with van der Waals surface area (Å²) in [7, 11) is 5.62. The number of nitrogens with zero attached hydrogens (tertiary/aromatic N) is 2. The van der Waals surface area contributed by atoms with Crippen LogP contribution in [0.25, 0.3) is 0 Å². The van der Waals surface area contributed by atoms with Gasteiger partial charge in [-0.2, -0.15) is 0 Å². The summed E-state index contributed by atoms with van der Waals surface area (Å²) in [6.45, 7) is 7.61. The third kappa shape index (κ3) is 10.2. The summed E-state index contributed by atoms with van der Waals surface area (Å²) in [4.78, 5) is 6.62. The van der Waals surface area contributed by atoms with Gasteiger partial charge in [0.15, 0.2) is 5.96 Å². The summed E-state index contributed by atoms with van der Waals surface area (Å²) in [6.07, 6.45) is 2.03. The summed E-state index contributed by atoms with van der Waals surface area (Å²) in [5, 5.41) is 6.65. The van der Waals surface area contributed by atoms with Crippen LogP contribution in [0, 0.1) is 0 Å². The van der Waals surface area contributed by atoms with Crippen molar-refractivity contribution in [2.75, 3.05) is 52.8 Å². The average molecular weight is 478 g/mol. The molecule has 1 unspecified atom stereocenters. The van der Waals surface area contributed by atoms with Gasteiger partial charge < -0.3 is 25.0 Å². The van der Waals surface area contributed by atoms with Crippen molar-refractivity contribution in [2.45, 2.75) is 32.7 Å². The van der Waals surface area contributed by atoms with Crippen molar-refractivity contribution in [3.63, 3.8) is 0 Å². The van der Waals surface area contributed by atoms with Gasteiger partial charge in [0.2, 0.25) is 0 Å². The van der Waals surface area contributed by atoms with Crippen molar-refractivity contribution < 1.29 is 9.47 Å². The lowest BCUT2D eigenvalue weighted by atomic mass is 10.2. The molecule has 0 saturated heterocycles. The van der Waals surface area contributed by atoms with Crippen LogP contribution in [-0.2, 0) is 4.74 Å². The van der Waals surface area contributed by atoms with Gasteiger partial charge >= 0.3 is 0 Å². The third-order valence-electron chi connectivity index (χ3n) is 4.18. The number of guanidine groups is 1. The Morgan fingerprint density at radius 3 is 2.73 bits per heavy atom. The highest BCUT2D eigenvalue weighted by Gasteiger charge is 2.06. The highest BCUT2D eigenvalue weighted by atomic mass is 127. The summed E-state index contributed by atoms with van der Waals surface area (Å²) >= 11 is 0. The predicted octanol–water partition coefficient (Wildman–Crippen LogP) is 3.44. The molecule has 0 spiro atoms. The molecule has 0 fully saturated rings. The van der Waals surface area contributed by atoms with E-state index in [1.807, 2.05) is 24.3 Å². The largest absolute Gasteiger partial charge is 0.493 e. The van der Waals surface area contributed by atoms with Crippen LogP contribution in [0.2, 0.25) is 0 Å². The van der Waals surface area contributed by atoms with Crippen molar-refractivity contribution in [3.8, 4) is 5.75 Å². The molecule has 1 aromatic rings. The van der Waals surface area contributed by atoms with Crippen molar-refractivity contribution in [1.29, 1.82) is 0 Å². The minimum atomic E-state index is 0. The first-order chi connectivity index (χ1) is 12.1. The summed E-state index contributed by atoms with van der Waals surface area (Å²) in [6, 6.07) is 8.49. The molecule has 1 aromatic carbocycles. The molecule has 0 amide bonds. The second-order valence-electron chi connectivity index (χ2n) is 6.08. The van der Waals surface area contributed by atoms with Crippen LogP contribution in [0.5, 0.6) is 5.75 Å². The molecule has 0 aromatic heterocycles. The maximum atomic E-state index is 5.73. The smallest absolute Gasteiger partial charge is 0.195 e. The number of benzene rings is 1. The molecule has 150 valence electrons. The first-order valence-corrected chi connectivity index (χ1v) is 9.00.